The zero-order valence-electron chi connectivity index (χ0n) is 19.3. The van der Waals surface area contributed by atoms with E-state index >= 15 is 0 Å². The largest absolute Gasteiger partial charge is 0.388 e. The van der Waals surface area contributed by atoms with Crippen LogP contribution in [0.15, 0.2) is 77.4 Å². The van der Waals surface area contributed by atoms with Crippen LogP contribution in [0.1, 0.15) is 34.3 Å². The molecule has 0 radical (unpaired) electrons. The molecule has 0 fully saturated rings. The highest BCUT2D eigenvalue weighted by atomic mass is 35.5. The summed E-state index contributed by atoms with van der Waals surface area (Å²) < 4.78 is 0. The van der Waals surface area contributed by atoms with E-state index in [1.54, 1.807) is 29.3 Å². The standard InChI is InChI=1S/C27H26ClN5O2/c1-30-19-11-13-21(14-12-19)33(31-2)26-18(15-25(29)34)8-7-17-9-10-20(16-23(17)26)32-27(35)22-5-3-4-6-24(22)28/h3-6,9-14,16,30H,2,7-8,15H2,1H3,(H2,29,34)(H,32,35). The van der Waals surface area contributed by atoms with Gasteiger partial charge in [0.05, 0.1) is 22.0 Å². The first kappa shape index (κ1) is 24.0. The number of hydrazone groups is 1. The number of halogens is 1. The number of fused-ring (bicyclic) bond motifs is 1. The van der Waals surface area contributed by atoms with Gasteiger partial charge in [0, 0.05) is 37.1 Å². The van der Waals surface area contributed by atoms with Gasteiger partial charge in [0.25, 0.3) is 5.91 Å². The summed E-state index contributed by atoms with van der Waals surface area (Å²) in [5, 5.41) is 12.4. The SMILES string of the molecule is C=NN(C1=C(CC(N)=O)CCc2ccc(NC(=O)c3ccccc3Cl)cc21)c1ccc(NC)cc1. The minimum Gasteiger partial charge on any atom is -0.388 e. The smallest absolute Gasteiger partial charge is 0.257 e. The predicted octanol–water partition coefficient (Wildman–Crippen LogP) is 5.29. The van der Waals surface area contributed by atoms with Gasteiger partial charge in [-0.3, -0.25) is 9.59 Å². The number of aryl methyl sites for hydroxylation is 1. The Morgan fingerprint density at radius 2 is 1.77 bits per heavy atom. The van der Waals surface area contributed by atoms with Crippen molar-refractivity contribution in [2.24, 2.45) is 10.8 Å². The van der Waals surface area contributed by atoms with Crippen molar-refractivity contribution in [3.8, 4) is 0 Å². The van der Waals surface area contributed by atoms with Crippen molar-refractivity contribution >= 4 is 52.9 Å². The Hall–Kier alpha value is -4.10. The van der Waals surface area contributed by atoms with Crippen LogP contribution >= 0.6 is 11.6 Å². The quantitative estimate of drug-likeness (QED) is 0.297. The van der Waals surface area contributed by atoms with Crippen LogP contribution < -0.4 is 21.4 Å². The number of primary amides is 1. The minimum absolute atomic E-state index is 0.103. The molecule has 1 aliphatic carbocycles. The Bertz CT molecular complexity index is 1320. The first-order chi connectivity index (χ1) is 16.9. The topological polar surface area (TPSA) is 99.8 Å². The molecule has 8 heteroatoms. The summed E-state index contributed by atoms with van der Waals surface area (Å²) in [4.78, 5) is 24.8. The zero-order chi connectivity index (χ0) is 24.9. The van der Waals surface area contributed by atoms with E-state index in [1.165, 1.54) is 0 Å². The number of rotatable bonds is 8. The van der Waals surface area contributed by atoms with Crippen molar-refractivity contribution in [2.45, 2.75) is 19.3 Å². The first-order valence-electron chi connectivity index (χ1n) is 11.2. The molecule has 3 aromatic rings. The number of nitrogens with one attached hydrogen (secondary N) is 2. The Morgan fingerprint density at radius 1 is 1.06 bits per heavy atom. The average molecular weight is 488 g/mol. The molecular weight excluding hydrogens is 462 g/mol. The second-order valence-electron chi connectivity index (χ2n) is 8.15. The summed E-state index contributed by atoms with van der Waals surface area (Å²) in [5.41, 5.74) is 11.8. The third-order valence-corrected chi connectivity index (χ3v) is 6.24. The number of anilines is 3. The second-order valence-corrected chi connectivity index (χ2v) is 8.56. The Kier molecular flexibility index (Phi) is 7.17. The highest BCUT2D eigenvalue weighted by Gasteiger charge is 2.26. The van der Waals surface area contributed by atoms with Gasteiger partial charge in [0.2, 0.25) is 5.91 Å². The summed E-state index contributed by atoms with van der Waals surface area (Å²) in [5.74, 6) is -0.728. The molecule has 0 saturated carbocycles. The molecule has 178 valence electrons. The van der Waals surface area contributed by atoms with E-state index in [4.69, 9.17) is 17.3 Å². The Balaban J connectivity index is 1.77. The molecule has 7 nitrogen and oxygen atoms in total. The predicted molar refractivity (Wildman–Crippen MR) is 143 cm³/mol. The van der Waals surface area contributed by atoms with E-state index in [-0.39, 0.29) is 12.3 Å². The van der Waals surface area contributed by atoms with Crippen molar-refractivity contribution in [3.05, 3.63) is 94.0 Å². The van der Waals surface area contributed by atoms with Crippen LogP contribution in [-0.2, 0) is 11.2 Å². The van der Waals surface area contributed by atoms with Crippen LogP contribution in [-0.4, -0.2) is 25.6 Å². The van der Waals surface area contributed by atoms with Gasteiger partial charge in [-0.05, 0) is 72.5 Å². The summed E-state index contributed by atoms with van der Waals surface area (Å²) in [6.07, 6.45) is 1.51. The zero-order valence-corrected chi connectivity index (χ0v) is 20.1. The lowest BCUT2D eigenvalue weighted by Crippen LogP contribution is -2.23. The molecule has 0 atom stereocenters. The molecule has 35 heavy (non-hydrogen) atoms. The molecule has 0 spiro atoms. The van der Waals surface area contributed by atoms with Crippen LogP contribution in [0.3, 0.4) is 0 Å². The Morgan fingerprint density at radius 3 is 2.43 bits per heavy atom. The van der Waals surface area contributed by atoms with Crippen molar-refractivity contribution in [1.29, 1.82) is 0 Å². The van der Waals surface area contributed by atoms with E-state index < -0.39 is 5.91 Å². The van der Waals surface area contributed by atoms with Gasteiger partial charge in [-0.15, -0.1) is 0 Å². The van der Waals surface area contributed by atoms with Crippen LogP contribution in [0.5, 0.6) is 0 Å². The number of carbonyl (C=O) groups is 2. The first-order valence-corrected chi connectivity index (χ1v) is 11.5. The van der Waals surface area contributed by atoms with Crippen LogP contribution in [0.2, 0.25) is 5.02 Å². The third-order valence-electron chi connectivity index (χ3n) is 5.91. The van der Waals surface area contributed by atoms with E-state index in [0.29, 0.717) is 22.7 Å². The molecule has 0 aromatic heterocycles. The fourth-order valence-electron chi connectivity index (χ4n) is 4.23. The molecule has 0 unspecified atom stereocenters. The van der Waals surface area contributed by atoms with Gasteiger partial charge >= 0.3 is 0 Å². The van der Waals surface area contributed by atoms with Crippen LogP contribution in [0, 0.1) is 0 Å². The number of nitrogens with zero attached hydrogens (tertiary/aromatic N) is 2. The van der Waals surface area contributed by atoms with Crippen molar-refractivity contribution in [3.63, 3.8) is 0 Å². The second kappa shape index (κ2) is 10.4. The lowest BCUT2D eigenvalue weighted by Gasteiger charge is -2.30. The average Bonchev–Trinajstić information content (AvgIpc) is 2.86. The molecule has 3 aromatic carbocycles. The van der Waals surface area contributed by atoms with Gasteiger partial charge in [-0.1, -0.05) is 29.8 Å². The van der Waals surface area contributed by atoms with Crippen molar-refractivity contribution in [1.82, 2.24) is 0 Å². The van der Waals surface area contributed by atoms with Gasteiger partial charge in [-0.2, -0.15) is 5.10 Å². The lowest BCUT2D eigenvalue weighted by molar-refractivity contribution is -0.117. The van der Waals surface area contributed by atoms with Gasteiger partial charge in [-0.25, -0.2) is 5.01 Å². The summed E-state index contributed by atoms with van der Waals surface area (Å²) in [6, 6.07) is 20.3. The van der Waals surface area contributed by atoms with Gasteiger partial charge in [0.15, 0.2) is 0 Å². The van der Waals surface area contributed by atoms with Crippen molar-refractivity contribution < 1.29 is 9.59 Å². The van der Waals surface area contributed by atoms with Crippen LogP contribution in [0.25, 0.3) is 5.70 Å². The summed E-state index contributed by atoms with van der Waals surface area (Å²) in [7, 11) is 1.85. The molecule has 0 bridgehead atoms. The maximum Gasteiger partial charge on any atom is 0.257 e. The van der Waals surface area contributed by atoms with E-state index in [0.717, 1.165) is 40.2 Å². The maximum absolute atomic E-state index is 12.9. The molecule has 0 aliphatic heterocycles. The number of amides is 2. The van der Waals surface area contributed by atoms with E-state index in [1.807, 2.05) is 49.5 Å². The number of nitrogens with two attached hydrogens (primary N) is 1. The highest BCUT2D eigenvalue weighted by molar-refractivity contribution is 6.34. The molecule has 4 rings (SSSR count). The highest BCUT2D eigenvalue weighted by Crippen LogP contribution is 2.39. The fourth-order valence-corrected chi connectivity index (χ4v) is 4.45. The summed E-state index contributed by atoms with van der Waals surface area (Å²) in [6.45, 7) is 3.79. The molecule has 4 N–H and O–H groups in total. The molecule has 0 saturated heterocycles. The van der Waals surface area contributed by atoms with E-state index in [9.17, 15) is 9.59 Å². The molecule has 1 aliphatic rings. The number of carbonyl (C=O) groups excluding carboxylic acids is 2. The Labute approximate surface area is 209 Å². The van der Waals surface area contributed by atoms with Crippen LogP contribution in [0.4, 0.5) is 17.1 Å². The van der Waals surface area contributed by atoms with Gasteiger partial charge < -0.3 is 16.4 Å². The van der Waals surface area contributed by atoms with Gasteiger partial charge in [0.1, 0.15) is 0 Å². The molecule has 0 heterocycles. The lowest BCUT2D eigenvalue weighted by atomic mass is 9.87. The monoisotopic (exact) mass is 487 g/mol. The number of hydrogen-bond donors (Lipinski definition) is 3. The van der Waals surface area contributed by atoms with E-state index in [2.05, 4.69) is 22.5 Å². The van der Waals surface area contributed by atoms with Crippen molar-refractivity contribution in [2.75, 3.05) is 22.7 Å². The molecular formula is C27H26ClN5O2. The number of hydrogen-bond acceptors (Lipinski definition) is 5. The third kappa shape index (κ3) is 5.20. The molecule has 2 amide bonds. The fraction of sp³-hybridized carbons (Fsp3) is 0.148. The summed E-state index contributed by atoms with van der Waals surface area (Å²) >= 11 is 6.20. The number of benzene rings is 3. The normalized spacial score (nSPS) is 12.5. The maximum atomic E-state index is 12.9. The minimum atomic E-state index is -0.418.